The summed E-state index contributed by atoms with van der Waals surface area (Å²) < 4.78 is 7.28. The molecule has 0 amide bonds. The Labute approximate surface area is 183 Å². The zero-order valence-electron chi connectivity index (χ0n) is 17.3. The molecule has 156 valence electrons. The van der Waals surface area contributed by atoms with Gasteiger partial charge in [-0.2, -0.15) is 10.4 Å². The van der Waals surface area contributed by atoms with Crippen LogP contribution in [0.2, 0.25) is 0 Å². The van der Waals surface area contributed by atoms with Gasteiger partial charge in [0.15, 0.2) is 5.69 Å². The van der Waals surface area contributed by atoms with E-state index >= 15 is 0 Å². The van der Waals surface area contributed by atoms with Crippen LogP contribution in [-0.4, -0.2) is 25.7 Å². The Kier molecular flexibility index (Phi) is 5.87. The highest BCUT2D eigenvalue weighted by molar-refractivity contribution is 7.99. The molecule has 0 radical (unpaired) electrons. The van der Waals surface area contributed by atoms with E-state index in [0.717, 1.165) is 5.56 Å². The van der Waals surface area contributed by atoms with Crippen molar-refractivity contribution in [1.29, 1.82) is 5.26 Å². The van der Waals surface area contributed by atoms with Crippen LogP contribution in [0, 0.1) is 16.7 Å². The molecule has 0 atom stereocenters. The first kappa shape index (κ1) is 20.8. The summed E-state index contributed by atoms with van der Waals surface area (Å²) in [5.41, 5.74) is 0.875. The molecule has 0 spiro atoms. The van der Waals surface area contributed by atoms with Crippen molar-refractivity contribution in [3.8, 4) is 17.7 Å². The summed E-state index contributed by atoms with van der Waals surface area (Å²) in [6, 6.07) is 19.3. The lowest BCUT2D eigenvalue weighted by atomic mass is 9.93. The minimum Gasteiger partial charge on any atom is -0.410 e. The van der Waals surface area contributed by atoms with Gasteiger partial charge in [-0.15, -0.1) is 10.2 Å². The molecule has 4 aromatic rings. The van der Waals surface area contributed by atoms with Gasteiger partial charge in [0.25, 0.3) is 16.7 Å². The van der Waals surface area contributed by atoms with Gasteiger partial charge in [0.05, 0.1) is 23.4 Å². The van der Waals surface area contributed by atoms with Crippen molar-refractivity contribution < 1.29 is 4.42 Å². The van der Waals surface area contributed by atoms with E-state index in [1.165, 1.54) is 16.4 Å². The van der Waals surface area contributed by atoms with Crippen LogP contribution < -0.4 is 5.56 Å². The van der Waals surface area contributed by atoms with Crippen molar-refractivity contribution in [1.82, 2.24) is 20.0 Å². The summed E-state index contributed by atoms with van der Waals surface area (Å²) in [6.07, 6.45) is 0.703. The van der Waals surface area contributed by atoms with Crippen molar-refractivity contribution in [3.63, 3.8) is 0 Å². The third-order valence-electron chi connectivity index (χ3n) is 4.91. The SMILES string of the molecule is CC(C)(C#N)CCSc1nnc(-c2nn(Cc3ccccc3)c(=O)c3ccccc23)o1. The topological polar surface area (TPSA) is 97.6 Å². The molecule has 31 heavy (non-hydrogen) atoms. The number of nitrogens with zero attached hydrogens (tertiary/aromatic N) is 5. The van der Waals surface area contributed by atoms with E-state index in [-0.39, 0.29) is 11.4 Å². The number of benzene rings is 2. The van der Waals surface area contributed by atoms with Gasteiger partial charge < -0.3 is 4.42 Å². The van der Waals surface area contributed by atoms with Gasteiger partial charge in [0.2, 0.25) is 0 Å². The van der Waals surface area contributed by atoms with E-state index < -0.39 is 5.41 Å². The van der Waals surface area contributed by atoms with E-state index in [2.05, 4.69) is 21.4 Å². The number of aromatic nitrogens is 4. The predicted octanol–water partition coefficient (Wildman–Crippen LogP) is 4.53. The number of hydrogen-bond donors (Lipinski definition) is 0. The Morgan fingerprint density at radius 3 is 2.52 bits per heavy atom. The molecule has 0 N–H and O–H groups in total. The molecular weight excluding hydrogens is 410 g/mol. The van der Waals surface area contributed by atoms with Crippen molar-refractivity contribution in [2.24, 2.45) is 5.41 Å². The molecule has 0 aliphatic heterocycles. The normalized spacial score (nSPS) is 11.5. The number of fused-ring (bicyclic) bond motifs is 1. The maximum atomic E-state index is 13.0. The van der Waals surface area contributed by atoms with Crippen LogP contribution in [0.15, 0.2) is 69.0 Å². The van der Waals surface area contributed by atoms with Gasteiger partial charge in [-0.25, -0.2) is 4.68 Å². The van der Waals surface area contributed by atoms with E-state index in [1.807, 2.05) is 62.4 Å². The van der Waals surface area contributed by atoms with Crippen LogP contribution in [0.3, 0.4) is 0 Å². The smallest absolute Gasteiger partial charge is 0.276 e. The lowest BCUT2D eigenvalue weighted by Gasteiger charge is -2.12. The lowest BCUT2D eigenvalue weighted by molar-refractivity contribution is 0.458. The van der Waals surface area contributed by atoms with Crippen LogP contribution in [0.25, 0.3) is 22.4 Å². The van der Waals surface area contributed by atoms with Gasteiger partial charge in [-0.1, -0.05) is 60.3 Å². The Morgan fingerprint density at radius 2 is 1.77 bits per heavy atom. The van der Waals surface area contributed by atoms with Crippen LogP contribution >= 0.6 is 11.8 Å². The number of nitriles is 1. The summed E-state index contributed by atoms with van der Waals surface area (Å²) >= 11 is 1.41. The average molecular weight is 432 g/mol. The highest BCUT2D eigenvalue weighted by Gasteiger charge is 2.20. The Hall–Kier alpha value is -3.44. The van der Waals surface area contributed by atoms with E-state index in [4.69, 9.17) is 9.68 Å². The number of rotatable bonds is 7. The third kappa shape index (κ3) is 4.67. The van der Waals surface area contributed by atoms with Crippen LogP contribution in [-0.2, 0) is 6.54 Å². The molecule has 0 unspecified atom stereocenters. The monoisotopic (exact) mass is 431 g/mol. The molecule has 0 aliphatic carbocycles. The van der Waals surface area contributed by atoms with E-state index in [9.17, 15) is 4.79 Å². The van der Waals surface area contributed by atoms with Crippen molar-refractivity contribution in [3.05, 3.63) is 70.5 Å². The Balaban J connectivity index is 1.68. The molecule has 0 fully saturated rings. The summed E-state index contributed by atoms with van der Waals surface area (Å²) in [5, 5.41) is 23.6. The second-order valence-electron chi connectivity index (χ2n) is 7.81. The highest BCUT2D eigenvalue weighted by Crippen LogP contribution is 2.29. The largest absolute Gasteiger partial charge is 0.410 e. The highest BCUT2D eigenvalue weighted by atomic mass is 32.2. The van der Waals surface area contributed by atoms with Gasteiger partial charge in [0, 0.05) is 11.1 Å². The molecule has 7 nitrogen and oxygen atoms in total. The quantitative estimate of drug-likeness (QED) is 0.397. The van der Waals surface area contributed by atoms with Crippen LogP contribution in [0.1, 0.15) is 25.8 Å². The summed E-state index contributed by atoms with van der Waals surface area (Å²) in [6.45, 7) is 4.15. The van der Waals surface area contributed by atoms with Gasteiger partial charge >= 0.3 is 0 Å². The summed E-state index contributed by atoms with van der Waals surface area (Å²) in [7, 11) is 0. The fourth-order valence-corrected chi connectivity index (χ4v) is 4.09. The summed E-state index contributed by atoms with van der Waals surface area (Å²) in [5.74, 6) is 0.948. The number of hydrogen-bond acceptors (Lipinski definition) is 7. The zero-order chi connectivity index (χ0) is 21.8. The molecule has 8 heteroatoms. The minimum absolute atomic E-state index is 0.170. The molecule has 2 aromatic carbocycles. The fraction of sp³-hybridized carbons (Fsp3) is 0.261. The van der Waals surface area contributed by atoms with E-state index in [0.29, 0.717) is 40.4 Å². The first-order chi connectivity index (χ1) is 15.0. The second-order valence-corrected chi connectivity index (χ2v) is 8.86. The molecule has 4 rings (SSSR count). The third-order valence-corrected chi connectivity index (χ3v) is 5.73. The van der Waals surface area contributed by atoms with Crippen molar-refractivity contribution in [2.45, 2.75) is 32.0 Å². The minimum atomic E-state index is -0.402. The predicted molar refractivity (Wildman–Crippen MR) is 120 cm³/mol. The Morgan fingerprint density at radius 1 is 1.06 bits per heavy atom. The van der Waals surface area contributed by atoms with E-state index in [1.54, 1.807) is 6.07 Å². The van der Waals surface area contributed by atoms with Gasteiger partial charge in [0.1, 0.15) is 0 Å². The first-order valence-corrected chi connectivity index (χ1v) is 10.9. The van der Waals surface area contributed by atoms with Gasteiger partial charge in [-0.05, 0) is 31.9 Å². The molecular formula is C23H21N5O2S. The number of thioether (sulfide) groups is 1. The second kappa shape index (κ2) is 8.74. The molecule has 2 aromatic heterocycles. The fourth-order valence-electron chi connectivity index (χ4n) is 3.07. The molecule has 0 aliphatic rings. The summed E-state index contributed by atoms with van der Waals surface area (Å²) in [4.78, 5) is 13.0. The zero-order valence-corrected chi connectivity index (χ0v) is 18.1. The lowest BCUT2D eigenvalue weighted by Crippen LogP contribution is -2.24. The maximum absolute atomic E-state index is 13.0. The molecule has 0 saturated carbocycles. The molecule has 0 bridgehead atoms. The standard InChI is InChI=1S/C23H21N5O2S/c1-23(2,15-24)12-13-31-22-26-25-20(30-22)19-17-10-6-7-11-18(17)21(29)28(27-19)14-16-8-4-3-5-9-16/h3-11H,12-14H2,1-2H3. The Bertz CT molecular complexity index is 1310. The van der Waals surface area contributed by atoms with Crippen LogP contribution in [0.4, 0.5) is 0 Å². The molecule has 0 saturated heterocycles. The maximum Gasteiger partial charge on any atom is 0.276 e. The average Bonchev–Trinajstić information content (AvgIpc) is 3.25. The van der Waals surface area contributed by atoms with Crippen molar-refractivity contribution in [2.75, 3.05) is 5.75 Å². The first-order valence-electron chi connectivity index (χ1n) is 9.88. The van der Waals surface area contributed by atoms with Crippen molar-refractivity contribution >= 4 is 22.5 Å². The van der Waals surface area contributed by atoms with Gasteiger partial charge in [-0.3, -0.25) is 4.79 Å². The van der Waals surface area contributed by atoms with Crippen LogP contribution in [0.5, 0.6) is 0 Å². The molecule has 2 heterocycles.